The van der Waals surface area contributed by atoms with E-state index in [1.54, 1.807) is 31.5 Å². The highest BCUT2D eigenvalue weighted by atomic mass is 32.2. The van der Waals surface area contributed by atoms with E-state index < -0.39 is 10.0 Å². The maximum absolute atomic E-state index is 11.9. The highest BCUT2D eigenvalue weighted by Crippen LogP contribution is 2.15. The molecule has 0 aliphatic carbocycles. The summed E-state index contributed by atoms with van der Waals surface area (Å²) in [6.45, 7) is 2.20. The van der Waals surface area contributed by atoms with Gasteiger partial charge in [-0.3, -0.25) is 4.98 Å². The van der Waals surface area contributed by atoms with Crippen LogP contribution in [0.15, 0.2) is 53.7 Å². The SMILES string of the molecule is C[C@H](NC(=O)NCc1ccncc1)c1ccc(S(N)(=O)=O)cc1. The molecule has 1 heterocycles. The third-order valence-corrected chi connectivity index (χ3v) is 4.19. The zero-order valence-corrected chi connectivity index (χ0v) is 13.4. The maximum Gasteiger partial charge on any atom is 0.315 e. The summed E-state index contributed by atoms with van der Waals surface area (Å²) in [5.74, 6) is 0. The predicted molar refractivity (Wildman–Crippen MR) is 85.8 cm³/mol. The van der Waals surface area contributed by atoms with Crippen molar-refractivity contribution >= 4 is 16.1 Å². The van der Waals surface area contributed by atoms with Crippen LogP contribution in [0, 0.1) is 0 Å². The average Bonchev–Trinajstić information content (AvgIpc) is 2.53. The molecule has 0 radical (unpaired) electrons. The van der Waals surface area contributed by atoms with Gasteiger partial charge in [-0.05, 0) is 42.3 Å². The monoisotopic (exact) mass is 334 g/mol. The Morgan fingerprint density at radius 1 is 1.17 bits per heavy atom. The molecule has 1 aromatic carbocycles. The van der Waals surface area contributed by atoms with Gasteiger partial charge in [0, 0.05) is 18.9 Å². The predicted octanol–water partition coefficient (Wildman–Crippen LogP) is 1.29. The van der Waals surface area contributed by atoms with E-state index in [2.05, 4.69) is 15.6 Å². The molecule has 7 nitrogen and oxygen atoms in total. The molecule has 0 aliphatic heterocycles. The fourth-order valence-electron chi connectivity index (χ4n) is 1.96. The number of benzene rings is 1. The van der Waals surface area contributed by atoms with Crippen LogP contribution in [0.25, 0.3) is 0 Å². The molecule has 2 amide bonds. The number of carbonyl (C=O) groups is 1. The number of amides is 2. The van der Waals surface area contributed by atoms with Gasteiger partial charge in [0.05, 0.1) is 10.9 Å². The fraction of sp³-hybridized carbons (Fsp3) is 0.200. The first-order chi connectivity index (χ1) is 10.9. The number of pyridine rings is 1. The molecule has 0 aliphatic rings. The molecule has 122 valence electrons. The van der Waals surface area contributed by atoms with E-state index in [-0.39, 0.29) is 17.0 Å². The lowest BCUT2D eigenvalue weighted by Crippen LogP contribution is -2.36. The number of aromatic nitrogens is 1. The smallest absolute Gasteiger partial charge is 0.315 e. The topological polar surface area (TPSA) is 114 Å². The number of nitrogens with zero attached hydrogens (tertiary/aromatic N) is 1. The zero-order chi connectivity index (χ0) is 16.9. The van der Waals surface area contributed by atoms with Crippen molar-refractivity contribution in [2.24, 2.45) is 5.14 Å². The second kappa shape index (κ2) is 7.21. The number of primary sulfonamides is 1. The van der Waals surface area contributed by atoms with E-state index >= 15 is 0 Å². The minimum Gasteiger partial charge on any atom is -0.334 e. The fourth-order valence-corrected chi connectivity index (χ4v) is 2.48. The van der Waals surface area contributed by atoms with Gasteiger partial charge in [0.2, 0.25) is 10.0 Å². The van der Waals surface area contributed by atoms with Crippen molar-refractivity contribution in [3.05, 3.63) is 59.9 Å². The number of sulfonamides is 1. The summed E-state index contributed by atoms with van der Waals surface area (Å²) in [4.78, 5) is 15.8. The van der Waals surface area contributed by atoms with E-state index in [4.69, 9.17) is 5.14 Å². The lowest BCUT2D eigenvalue weighted by Gasteiger charge is -2.15. The summed E-state index contributed by atoms with van der Waals surface area (Å²) < 4.78 is 22.4. The molecule has 0 saturated carbocycles. The minimum atomic E-state index is -3.71. The molecule has 23 heavy (non-hydrogen) atoms. The molecule has 0 bridgehead atoms. The largest absolute Gasteiger partial charge is 0.334 e. The van der Waals surface area contributed by atoms with Crippen LogP contribution in [0.5, 0.6) is 0 Å². The number of urea groups is 1. The Labute approximate surface area is 135 Å². The van der Waals surface area contributed by atoms with Gasteiger partial charge in [0.1, 0.15) is 0 Å². The number of hydrogen-bond donors (Lipinski definition) is 3. The zero-order valence-electron chi connectivity index (χ0n) is 12.6. The number of nitrogens with two attached hydrogens (primary N) is 1. The molecule has 4 N–H and O–H groups in total. The molecular formula is C15H18N4O3S. The highest BCUT2D eigenvalue weighted by molar-refractivity contribution is 7.89. The van der Waals surface area contributed by atoms with Crippen LogP contribution in [-0.4, -0.2) is 19.4 Å². The van der Waals surface area contributed by atoms with E-state index in [9.17, 15) is 13.2 Å². The molecule has 1 atom stereocenters. The van der Waals surface area contributed by atoms with Crippen molar-refractivity contribution in [3.63, 3.8) is 0 Å². The van der Waals surface area contributed by atoms with Crippen molar-refractivity contribution in [1.29, 1.82) is 0 Å². The van der Waals surface area contributed by atoms with E-state index in [0.717, 1.165) is 11.1 Å². The molecular weight excluding hydrogens is 316 g/mol. The van der Waals surface area contributed by atoms with Crippen LogP contribution < -0.4 is 15.8 Å². The van der Waals surface area contributed by atoms with Crippen LogP contribution in [0.1, 0.15) is 24.1 Å². The third kappa shape index (κ3) is 5.04. The minimum absolute atomic E-state index is 0.0376. The number of nitrogens with one attached hydrogen (secondary N) is 2. The first-order valence-corrected chi connectivity index (χ1v) is 8.47. The highest BCUT2D eigenvalue weighted by Gasteiger charge is 2.11. The van der Waals surface area contributed by atoms with Crippen molar-refractivity contribution < 1.29 is 13.2 Å². The van der Waals surface area contributed by atoms with Gasteiger partial charge in [-0.2, -0.15) is 0 Å². The van der Waals surface area contributed by atoms with Crippen molar-refractivity contribution in [2.75, 3.05) is 0 Å². The summed E-state index contributed by atoms with van der Waals surface area (Å²) in [6, 6.07) is 9.11. The quantitative estimate of drug-likeness (QED) is 0.764. The summed E-state index contributed by atoms with van der Waals surface area (Å²) in [5.41, 5.74) is 1.72. The van der Waals surface area contributed by atoms with Gasteiger partial charge < -0.3 is 10.6 Å². The van der Waals surface area contributed by atoms with Crippen LogP contribution in [0.4, 0.5) is 4.79 Å². The second-order valence-corrected chi connectivity index (χ2v) is 6.58. The molecule has 0 spiro atoms. The Kier molecular flexibility index (Phi) is 5.30. The van der Waals surface area contributed by atoms with Gasteiger partial charge in [0.15, 0.2) is 0 Å². The van der Waals surface area contributed by atoms with Gasteiger partial charge >= 0.3 is 6.03 Å². The van der Waals surface area contributed by atoms with Crippen LogP contribution in [0.2, 0.25) is 0 Å². The van der Waals surface area contributed by atoms with E-state index in [1.807, 2.05) is 12.1 Å². The number of hydrogen-bond acceptors (Lipinski definition) is 4. The van der Waals surface area contributed by atoms with E-state index in [0.29, 0.717) is 6.54 Å². The summed E-state index contributed by atoms with van der Waals surface area (Å²) in [6.07, 6.45) is 3.31. The number of rotatable bonds is 5. The molecule has 2 rings (SSSR count). The van der Waals surface area contributed by atoms with Crippen LogP contribution >= 0.6 is 0 Å². The van der Waals surface area contributed by atoms with Crippen molar-refractivity contribution in [1.82, 2.24) is 15.6 Å². The standard InChI is InChI=1S/C15H18N4O3S/c1-11(13-2-4-14(5-3-13)23(16,21)22)19-15(20)18-10-12-6-8-17-9-7-12/h2-9,11H,10H2,1H3,(H2,16,21,22)(H2,18,19,20)/t11-/m0/s1. The normalized spacial score (nSPS) is 12.4. The Hall–Kier alpha value is -2.45. The van der Waals surface area contributed by atoms with Gasteiger partial charge in [-0.1, -0.05) is 12.1 Å². The molecule has 8 heteroatoms. The molecule has 1 aromatic heterocycles. The molecule has 0 fully saturated rings. The van der Waals surface area contributed by atoms with E-state index in [1.165, 1.54) is 12.1 Å². The number of carbonyl (C=O) groups excluding carboxylic acids is 1. The summed E-state index contributed by atoms with van der Waals surface area (Å²) in [5, 5.41) is 10.6. The van der Waals surface area contributed by atoms with Crippen molar-refractivity contribution in [3.8, 4) is 0 Å². The maximum atomic E-state index is 11.9. The Morgan fingerprint density at radius 3 is 2.35 bits per heavy atom. The summed E-state index contributed by atoms with van der Waals surface area (Å²) in [7, 11) is -3.71. The lowest BCUT2D eigenvalue weighted by molar-refractivity contribution is 0.237. The molecule has 2 aromatic rings. The van der Waals surface area contributed by atoms with Crippen LogP contribution in [-0.2, 0) is 16.6 Å². The van der Waals surface area contributed by atoms with Gasteiger partial charge in [-0.25, -0.2) is 18.4 Å². The summed E-state index contributed by atoms with van der Waals surface area (Å²) >= 11 is 0. The Bertz CT molecular complexity index is 761. The van der Waals surface area contributed by atoms with Crippen molar-refractivity contribution in [2.45, 2.75) is 24.4 Å². The lowest BCUT2D eigenvalue weighted by atomic mass is 10.1. The average molecular weight is 334 g/mol. The first kappa shape index (κ1) is 16.9. The van der Waals surface area contributed by atoms with Crippen LogP contribution in [0.3, 0.4) is 0 Å². The Balaban J connectivity index is 1.90. The molecule has 0 saturated heterocycles. The second-order valence-electron chi connectivity index (χ2n) is 5.02. The van der Waals surface area contributed by atoms with Gasteiger partial charge in [0.25, 0.3) is 0 Å². The van der Waals surface area contributed by atoms with Gasteiger partial charge in [-0.15, -0.1) is 0 Å². The third-order valence-electron chi connectivity index (χ3n) is 3.26. The molecule has 0 unspecified atom stereocenters. The Morgan fingerprint density at radius 2 is 1.78 bits per heavy atom. The first-order valence-electron chi connectivity index (χ1n) is 6.92.